The van der Waals surface area contributed by atoms with Crippen molar-refractivity contribution < 1.29 is 4.79 Å². The molecule has 2 aromatic carbocycles. The maximum atomic E-state index is 13.2. The number of benzene rings is 2. The Labute approximate surface area is 175 Å². The molecule has 7 nitrogen and oxygen atoms in total. The van der Waals surface area contributed by atoms with Crippen LogP contribution in [0.1, 0.15) is 15.9 Å². The lowest BCUT2D eigenvalue weighted by Crippen LogP contribution is -2.25. The van der Waals surface area contributed by atoms with E-state index in [1.165, 1.54) is 29.4 Å². The largest absolute Gasteiger partial charge is 0.366 e. The summed E-state index contributed by atoms with van der Waals surface area (Å²) in [6.45, 7) is 0.364. The molecule has 2 N–H and O–H groups in total. The summed E-state index contributed by atoms with van der Waals surface area (Å²) in [4.78, 5) is 32.8. The summed E-state index contributed by atoms with van der Waals surface area (Å²) in [5.74, 6) is -0.587. The number of fused-ring (bicyclic) bond motifs is 1. The Morgan fingerprint density at radius 3 is 2.45 bits per heavy atom. The van der Waals surface area contributed by atoms with Gasteiger partial charge in [-0.05, 0) is 48.1 Å². The molecule has 0 aliphatic rings. The number of amides is 1. The Morgan fingerprint density at radius 1 is 1.10 bits per heavy atom. The van der Waals surface area contributed by atoms with Gasteiger partial charge in [-0.2, -0.15) is 0 Å². The number of nitrogens with two attached hydrogens (primary N) is 1. The van der Waals surface area contributed by atoms with E-state index >= 15 is 0 Å². The van der Waals surface area contributed by atoms with Gasteiger partial charge in [0.1, 0.15) is 6.33 Å². The second kappa shape index (κ2) is 7.57. The summed E-state index contributed by atoms with van der Waals surface area (Å²) in [5.41, 5.74) is 7.28. The number of halogens is 1. The van der Waals surface area contributed by atoms with Crippen molar-refractivity contribution in [1.82, 2.24) is 19.1 Å². The third-order valence-corrected chi connectivity index (χ3v) is 5.14. The molecule has 0 radical (unpaired) electrons. The Morgan fingerprint density at radius 2 is 1.79 bits per heavy atom. The SMILES string of the molecule is NC(=O)c1ccc2c(=O)n(-c3cncnc3)c(=S)n(Cc3ccc(Cl)cc3)c2c1. The van der Waals surface area contributed by atoms with E-state index in [4.69, 9.17) is 29.6 Å². The first-order valence-corrected chi connectivity index (χ1v) is 9.33. The zero-order valence-corrected chi connectivity index (χ0v) is 16.5. The third-order valence-electron chi connectivity index (χ3n) is 4.49. The molecule has 29 heavy (non-hydrogen) atoms. The minimum absolute atomic E-state index is 0.244. The van der Waals surface area contributed by atoms with Crippen molar-refractivity contribution in [1.29, 1.82) is 0 Å². The average Bonchev–Trinajstić information content (AvgIpc) is 2.73. The number of primary amides is 1. The highest BCUT2D eigenvalue weighted by molar-refractivity contribution is 7.71. The van der Waals surface area contributed by atoms with Gasteiger partial charge < -0.3 is 10.3 Å². The summed E-state index contributed by atoms with van der Waals surface area (Å²) in [5, 5.41) is 1.01. The highest BCUT2D eigenvalue weighted by Gasteiger charge is 2.15. The first kappa shape index (κ1) is 19.0. The second-order valence-electron chi connectivity index (χ2n) is 6.33. The number of carbonyl (C=O) groups excluding carboxylic acids is 1. The van der Waals surface area contributed by atoms with Gasteiger partial charge >= 0.3 is 0 Å². The van der Waals surface area contributed by atoms with Gasteiger partial charge in [-0.3, -0.25) is 9.59 Å². The van der Waals surface area contributed by atoms with Crippen LogP contribution < -0.4 is 11.3 Å². The lowest BCUT2D eigenvalue weighted by atomic mass is 10.1. The van der Waals surface area contributed by atoms with Crippen LogP contribution >= 0.6 is 23.8 Å². The maximum absolute atomic E-state index is 13.2. The van der Waals surface area contributed by atoms with Crippen LogP contribution in [0.3, 0.4) is 0 Å². The first-order chi connectivity index (χ1) is 14.0. The molecule has 0 fully saturated rings. The fourth-order valence-electron chi connectivity index (χ4n) is 3.08. The van der Waals surface area contributed by atoms with Crippen LogP contribution in [0.15, 0.2) is 66.0 Å². The fourth-order valence-corrected chi connectivity index (χ4v) is 3.56. The normalized spacial score (nSPS) is 10.9. The molecule has 0 bridgehead atoms. The molecule has 4 rings (SSSR count). The van der Waals surface area contributed by atoms with Gasteiger partial charge in [-0.25, -0.2) is 14.5 Å². The number of rotatable bonds is 4. The Bertz CT molecular complexity index is 1350. The van der Waals surface area contributed by atoms with Gasteiger partial charge in [0, 0.05) is 10.6 Å². The smallest absolute Gasteiger partial charge is 0.266 e. The highest BCUT2D eigenvalue weighted by Crippen LogP contribution is 2.19. The second-order valence-corrected chi connectivity index (χ2v) is 7.13. The number of nitrogens with zero attached hydrogens (tertiary/aromatic N) is 4. The molecule has 1 amide bonds. The van der Waals surface area contributed by atoms with Crippen LogP contribution in [0.2, 0.25) is 5.02 Å². The zero-order valence-electron chi connectivity index (χ0n) is 14.9. The molecule has 0 saturated carbocycles. The van der Waals surface area contributed by atoms with E-state index in [0.717, 1.165) is 5.56 Å². The number of hydrogen-bond donors (Lipinski definition) is 1. The standard InChI is InChI=1S/C20H14ClN5O2S/c21-14-4-1-12(2-5-14)10-25-17-7-13(18(22)27)3-6-16(17)19(28)26(20(25)29)15-8-23-11-24-9-15/h1-9,11H,10H2,(H2,22,27). The van der Waals surface area contributed by atoms with Gasteiger partial charge in [0.25, 0.3) is 5.56 Å². The van der Waals surface area contributed by atoms with E-state index in [2.05, 4.69) is 9.97 Å². The van der Waals surface area contributed by atoms with Crippen LogP contribution in [0.5, 0.6) is 0 Å². The molecular formula is C20H14ClN5O2S. The molecule has 0 unspecified atom stereocenters. The van der Waals surface area contributed by atoms with Gasteiger partial charge in [0.05, 0.1) is 35.5 Å². The van der Waals surface area contributed by atoms with Gasteiger partial charge in [-0.1, -0.05) is 23.7 Å². The van der Waals surface area contributed by atoms with E-state index in [1.807, 2.05) is 12.1 Å². The van der Waals surface area contributed by atoms with E-state index in [1.54, 1.807) is 28.8 Å². The minimum atomic E-state index is -0.587. The lowest BCUT2D eigenvalue weighted by Gasteiger charge is -2.16. The van der Waals surface area contributed by atoms with E-state index < -0.39 is 5.91 Å². The van der Waals surface area contributed by atoms with Gasteiger partial charge in [0.15, 0.2) is 4.77 Å². The van der Waals surface area contributed by atoms with E-state index in [0.29, 0.717) is 28.2 Å². The highest BCUT2D eigenvalue weighted by atomic mass is 35.5. The summed E-state index contributed by atoms with van der Waals surface area (Å²) in [6.07, 6.45) is 4.40. The molecule has 2 aromatic heterocycles. The monoisotopic (exact) mass is 423 g/mol. The average molecular weight is 424 g/mol. The lowest BCUT2D eigenvalue weighted by molar-refractivity contribution is 0.100. The summed E-state index contributed by atoms with van der Waals surface area (Å²) in [7, 11) is 0. The summed E-state index contributed by atoms with van der Waals surface area (Å²) < 4.78 is 3.39. The molecule has 9 heteroatoms. The van der Waals surface area contributed by atoms with Crippen LogP contribution in [0.4, 0.5) is 0 Å². The quantitative estimate of drug-likeness (QED) is 0.509. The molecule has 0 atom stereocenters. The van der Waals surface area contributed by atoms with Crippen molar-refractivity contribution in [2.75, 3.05) is 0 Å². The minimum Gasteiger partial charge on any atom is -0.366 e. The van der Waals surface area contributed by atoms with Crippen LogP contribution in [-0.2, 0) is 6.54 Å². The van der Waals surface area contributed by atoms with E-state index in [9.17, 15) is 9.59 Å². The Balaban J connectivity index is 2.05. The molecule has 4 aromatic rings. The zero-order chi connectivity index (χ0) is 20.5. The molecule has 0 aliphatic carbocycles. The summed E-state index contributed by atoms with van der Waals surface area (Å²) >= 11 is 11.6. The molecule has 0 spiro atoms. The van der Waals surface area contributed by atoms with E-state index in [-0.39, 0.29) is 15.9 Å². The van der Waals surface area contributed by atoms with Crippen molar-refractivity contribution in [3.63, 3.8) is 0 Å². The number of carbonyl (C=O) groups is 1. The van der Waals surface area contributed by atoms with Crippen molar-refractivity contribution in [2.24, 2.45) is 5.73 Å². The molecule has 0 aliphatic heterocycles. The third kappa shape index (κ3) is 3.55. The molecule has 0 saturated heterocycles. The fraction of sp³-hybridized carbons (Fsp3) is 0.0500. The first-order valence-electron chi connectivity index (χ1n) is 8.55. The van der Waals surface area contributed by atoms with Gasteiger partial charge in [-0.15, -0.1) is 0 Å². The number of hydrogen-bond acceptors (Lipinski definition) is 5. The summed E-state index contributed by atoms with van der Waals surface area (Å²) in [6, 6.07) is 12.0. The Kier molecular flexibility index (Phi) is 4.96. The topological polar surface area (TPSA) is 95.8 Å². The van der Waals surface area contributed by atoms with Crippen molar-refractivity contribution >= 4 is 40.6 Å². The number of aromatic nitrogens is 4. The predicted octanol–water partition coefficient (Wildman–Crippen LogP) is 3.11. The molecule has 2 heterocycles. The van der Waals surface area contributed by atoms with Crippen molar-refractivity contribution in [2.45, 2.75) is 6.54 Å². The molecule has 144 valence electrons. The van der Waals surface area contributed by atoms with Crippen molar-refractivity contribution in [3.05, 3.63) is 92.5 Å². The maximum Gasteiger partial charge on any atom is 0.266 e. The van der Waals surface area contributed by atoms with Crippen LogP contribution in [0.25, 0.3) is 16.6 Å². The van der Waals surface area contributed by atoms with Crippen molar-refractivity contribution in [3.8, 4) is 5.69 Å². The van der Waals surface area contributed by atoms with Gasteiger partial charge in [0.2, 0.25) is 5.91 Å². The van der Waals surface area contributed by atoms with Crippen LogP contribution in [-0.4, -0.2) is 25.0 Å². The van der Waals surface area contributed by atoms with Crippen LogP contribution in [0, 0.1) is 4.77 Å². The molecular weight excluding hydrogens is 410 g/mol. The Hall–Kier alpha value is -3.36. The predicted molar refractivity (Wildman–Crippen MR) is 113 cm³/mol.